The highest BCUT2D eigenvalue weighted by molar-refractivity contribution is 9.11. The molecule has 0 amide bonds. The van der Waals surface area contributed by atoms with Gasteiger partial charge in [-0.1, -0.05) is 68.6 Å². The summed E-state index contributed by atoms with van der Waals surface area (Å²) in [6.45, 7) is 7.45. The number of aryl methyl sites for hydroxylation is 2. The Morgan fingerprint density at radius 3 is 2.48 bits per heavy atom. The van der Waals surface area contributed by atoms with Gasteiger partial charge in [-0.3, -0.25) is 0 Å². The van der Waals surface area contributed by atoms with Gasteiger partial charge in [-0.25, -0.2) is 0 Å². The SMILES string of the molecule is CCNC(Cc1cc(C)ccc1C)c1ccc(Br)cc1Br. The summed E-state index contributed by atoms with van der Waals surface area (Å²) >= 11 is 7.22. The zero-order chi connectivity index (χ0) is 15.4. The molecule has 0 radical (unpaired) electrons. The second-order valence-electron chi connectivity index (χ2n) is 5.41. The van der Waals surface area contributed by atoms with Gasteiger partial charge in [0.1, 0.15) is 0 Å². The van der Waals surface area contributed by atoms with Crippen LogP contribution in [0, 0.1) is 13.8 Å². The molecule has 2 rings (SSSR count). The molecule has 2 aromatic carbocycles. The molecular weight excluding hydrogens is 390 g/mol. The first-order valence-corrected chi connectivity index (χ1v) is 8.84. The van der Waals surface area contributed by atoms with Crippen LogP contribution in [-0.4, -0.2) is 6.54 Å². The Hall–Kier alpha value is -0.640. The third-order valence-corrected chi connectivity index (χ3v) is 4.90. The molecule has 0 aliphatic carbocycles. The molecule has 1 N–H and O–H groups in total. The lowest BCUT2D eigenvalue weighted by Crippen LogP contribution is -2.23. The second-order valence-corrected chi connectivity index (χ2v) is 7.18. The highest BCUT2D eigenvalue weighted by Gasteiger charge is 2.15. The quantitative estimate of drug-likeness (QED) is 0.664. The lowest BCUT2D eigenvalue weighted by molar-refractivity contribution is 0.546. The van der Waals surface area contributed by atoms with E-state index < -0.39 is 0 Å². The van der Waals surface area contributed by atoms with Crippen molar-refractivity contribution >= 4 is 31.9 Å². The molecule has 0 fully saturated rings. The number of hydrogen-bond acceptors (Lipinski definition) is 1. The molecule has 1 atom stereocenters. The van der Waals surface area contributed by atoms with Gasteiger partial charge < -0.3 is 5.32 Å². The zero-order valence-electron chi connectivity index (χ0n) is 12.7. The van der Waals surface area contributed by atoms with Gasteiger partial charge in [0.2, 0.25) is 0 Å². The Kier molecular flexibility index (Phi) is 6.03. The van der Waals surface area contributed by atoms with Crippen LogP contribution in [0.1, 0.15) is 35.2 Å². The molecule has 0 saturated carbocycles. The van der Waals surface area contributed by atoms with E-state index in [0.717, 1.165) is 21.9 Å². The minimum absolute atomic E-state index is 0.318. The predicted molar refractivity (Wildman–Crippen MR) is 97.9 cm³/mol. The number of likely N-dealkylation sites (N-methyl/N-ethyl adjacent to an activating group) is 1. The van der Waals surface area contributed by atoms with Gasteiger partial charge in [-0.2, -0.15) is 0 Å². The summed E-state index contributed by atoms with van der Waals surface area (Å²) in [6, 6.07) is 13.4. The number of nitrogens with one attached hydrogen (secondary N) is 1. The third-order valence-electron chi connectivity index (χ3n) is 3.72. The van der Waals surface area contributed by atoms with Crippen molar-refractivity contribution in [3.8, 4) is 0 Å². The maximum Gasteiger partial charge on any atom is 0.0372 e. The molecule has 0 spiro atoms. The molecule has 1 unspecified atom stereocenters. The van der Waals surface area contributed by atoms with E-state index in [1.165, 1.54) is 22.3 Å². The van der Waals surface area contributed by atoms with Crippen LogP contribution < -0.4 is 5.32 Å². The largest absolute Gasteiger partial charge is 0.310 e. The van der Waals surface area contributed by atoms with Crippen LogP contribution in [0.15, 0.2) is 45.3 Å². The van der Waals surface area contributed by atoms with Crippen molar-refractivity contribution in [1.82, 2.24) is 5.32 Å². The highest BCUT2D eigenvalue weighted by Crippen LogP contribution is 2.29. The lowest BCUT2D eigenvalue weighted by Gasteiger charge is -2.21. The Labute approximate surface area is 144 Å². The van der Waals surface area contributed by atoms with Gasteiger partial charge in [0.15, 0.2) is 0 Å². The molecule has 0 bridgehead atoms. The fourth-order valence-corrected chi connectivity index (χ4v) is 3.89. The van der Waals surface area contributed by atoms with Crippen LogP contribution in [0.5, 0.6) is 0 Å². The molecule has 112 valence electrons. The van der Waals surface area contributed by atoms with E-state index in [4.69, 9.17) is 0 Å². The topological polar surface area (TPSA) is 12.0 Å². The van der Waals surface area contributed by atoms with Crippen molar-refractivity contribution in [2.45, 2.75) is 33.2 Å². The zero-order valence-corrected chi connectivity index (χ0v) is 15.9. The highest BCUT2D eigenvalue weighted by atomic mass is 79.9. The Morgan fingerprint density at radius 2 is 1.81 bits per heavy atom. The van der Waals surface area contributed by atoms with E-state index in [2.05, 4.69) is 94.3 Å². The number of benzene rings is 2. The maximum absolute atomic E-state index is 3.69. The van der Waals surface area contributed by atoms with E-state index in [-0.39, 0.29) is 0 Å². The molecule has 21 heavy (non-hydrogen) atoms. The Balaban J connectivity index is 2.32. The summed E-state index contributed by atoms with van der Waals surface area (Å²) in [5.41, 5.74) is 5.40. The number of hydrogen-bond donors (Lipinski definition) is 1. The average molecular weight is 411 g/mol. The van der Waals surface area contributed by atoms with E-state index in [9.17, 15) is 0 Å². The standard InChI is InChI=1S/C18H21Br2N/c1-4-21-18(16-8-7-15(19)11-17(16)20)10-14-9-12(2)5-6-13(14)3/h5-9,11,18,21H,4,10H2,1-3H3. The fourth-order valence-electron chi connectivity index (χ4n) is 2.56. The molecule has 0 aliphatic heterocycles. The Bertz CT molecular complexity index is 623. The van der Waals surface area contributed by atoms with E-state index >= 15 is 0 Å². The van der Waals surface area contributed by atoms with E-state index in [1.54, 1.807) is 0 Å². The van der Waals surface area contributed by atoms with Crippen LogP contribution in [0.3, 0.4) is 0 Å². The summed E-state index contributed by atoms with van der Waals surface area (Å²) < 4.78 is 2.24. The van der Waals surface area contributed by atoms with Crippen LogP contribution in [0.4, 0.5) is 0 Å². The monoisotopic (exact) mass is 409 g/mol. The molecule has 2 aromatic rings. The smallest absolute Gasteiger partial charge is 0.0372 e. The van der Waals surface area contributed by atoms with Crippen LogP contribution in [0.25, 0.3) is 0 Å². The normalized spacial score (nSPS) is 12.4. The summed E-state index contributed by atoms with van der Waals surface area (Å²) in [6.07, 6.45) is 1.00. The maximum atomic E-state index is 3.69. The van der Waals surface area contributed by atoms with E-state index in [0.29, 0.717) is 6.04 Å². The molecule has 0 aliphatic rings. The van der Waals surface area contributed by atoms with Crippen LogP contribution in [0.2, 0.25) is 0 Å². The molecular formula is C18H21Br2N. The van der Waals surface area contributed by atoms with Gasteiger partial charge >= 0.3 is 0 Å². The van der Waals surface area contributed by atoms with Gasteiger partial charge in [-0.15, -0.1) is 0 Å². The first-order valence-electron chi connectivity index (χ1n) is 7.25. The van der Waals surface area contributed by atoms with Crippen molar-refractivity contribution in [2.24, 2.45) is 0 Å². The Morgan fingerprint density at radius 1 is 1.05 bits per heavy atom. The third kappa shape index (κ3) is 4.41. The number of rotatable bonds is 5. The predicted octanol–water partition coefficient (Wildman–Crippen LogP) is 5.72. The summed E-state index contributed by atoms with van der Waals surface area (Å²) in [5.74, 6) is 0. The fraction of sp³-hybridized carbons (Fsp3) is 0.333. The first kappa shape index (κ1) is 16.7. The molecule has 0 aromatic heterocycles. The van der Waals surface area contributed by atoms with Gasteiger partial charge in [-0.05, 0) is 55.6 Å². The summed E-state index contributed by atoms with van der Waals surface area (Å²) in [7, 11) is 0. The van der Waals surface area contributed by atoms with Crippen molar-refractivity contribution < 1.29 is 0 Å². The van der Waals surface area contributed by atoms with Crippen molar-refractivity contribution in [1.29, 1.82) is 0 Å². The van der Waals surface area contributed by atoms with Crippen molar-refractivity contribution in [3.63, 3.8) is 0 Å². The van der Waals surface area contributed by atoms with E-state index in [1.807, 2.05) is 0 Å². The van der Waals surface area contributed by atoms with Crippen LogP contribution in [-0.2, 0) is 6.42 Å². The molecule has 0 heterocycles. The minimum Gasteiger partial charge on any atom is -0.310 e. The summed E-state index contributed by atoms with van der Waals surface area (Å²) in [4.78, 5) is 0. The second kappa shape index (κ2) is 7.57. The molecule has 1 nitrogen and oxygen atoms in total. The lowest BCUT2D eigenvalue weighted by atomic mass is 9.95. The molecule has 3 heteroatoms. The van der Waals surface area contributed by atoms with Gasteiger partial charge in [0, 0.05) is 15.0 Å². The van der Waals surface area contributed by atoms with Crippen LogP contribution >= 0.6 is 31.9 Å². The van der Waals surface area contributed by atoms with Gasteiger partial charge in [0.05, 0.1) is 0 Å². The average Bonchev–Trinajstić information content (AvgIpc) is 2.42. The van der Waals surface area contributed by atoms with Crippen molar-refractivity contribution in [3.05, 3.63) is 67.6 Å². The van der Waals surface area contributed by atoms with Crippen molar-refractivity contribution in [2.75, 3.05) is 6.54 Å². The van der Waals surface area contributed by atoms with Gasteiger partial charge in [0.25, 0.3) is 0 Å². The first-order chi connectivity index (χ1) is 10.0. The molecule has 0 saturated heterocycles. The minimum atomic E-state index is 0.318. The number of halogens is 2. The summed E-state index contributed by atoms with van der Waals surface area (Å²) in [5, 5.41) is 3.61.